The Hall–Kier alpha value is -3.80. The van der Waals surface area contributed by atoms with Gasteiger partial charge in [0.15, 0.2) is 18.2 Å². The molecule has 216 valence electrons. The second-order valence-corrected chi connectivity index (χ2v) is 10.3. The van der Waals surface area contributed by atoms with Crippen molar-refractivity contribution in [2.45, 2.75) is 17.2 Å². The number of nitrogens with one attached hydrogen (secondary N) is 1. The standard InChI is InChI=1S/C22H18F8N6O3S/c23-16-5-4-15(11-17(16)24)40(37,38)36-8-6-35(7-9-36)19-32-18(33-20(34-19)39-12-21(25,26)27)31-14-3-1-2-13(10-14)22(28,29)30/h1-5,10-11H,6-9,12H2,(H,31,32,33,34). The summed E-state index contributed by atoms with van der Waals surface area (Å²) in [5.41, 5.74) is -1.13. The molecule has 40 heavy (non-hydrogen) atoms. The van der Waals surface area contributed by atoms with E-state index in [9.17, 15) is 43.5 Å². The molecule has 2 aromatic carbocycles. The van der Waals surface area contributed by atoms with E-state index in [1.54, 1.807) is 0 Å². The minimum Gasteiger partial charge on any atom is -0.454 e. The van der Waals surface area contributed by atoms with Crippen LogP contribution >= 0.6 is 0 Å². The van der Waals surface area contributed by atoms with Crippen LogP contribution in [0, 0.1) is 11.6 Å². The van der Waals surface area contributed by atoms with Crippen LogP contribution in [0.15, 0.2) is 47.4 Å². The monoisotopic (exact) mass is 598 g/mol. The zero-order valence-corrected chi connectivity index (χ0v) is 20.8. The van der Waals surface area contributed by atoms with Crippen molar-refractivity contribution in [1.82, 2.24) is 19.3 Å². The molecule has 2 heterocycles. The number of rotatable bonds is 7. The maximum atomic E-state index is 13.6. The van der Waals surface area contributed by atoms with Crippen LogP contribution in [0.3, 0.4) is 0 Å². The number of ether oxygens (including phenoxy) is 1. The maximum absolute atomic E-state index is 13.6. The fraction of sp³-hybridized carbons (Fsp3) is 0.318. The lowest BCUT2D eigenvalue weighted by Gasteiger charge is -2.34. The third-order valence-corrected chi connectivity index (χ3v) is 7.36. The number of halogens is 8. The quantitative estimate of drug-likeness (QED) is 0.401. The van der Waals surface area contributed by atoms with E-state index in [2.05, 4.69) is 25.0 Å². The van der Waals surface area contributed by atoms with E-state index in [0.717, 1.165) is 28.6 Å². The first-order chi connectivity index (χ1) is 18.6. The number of hydrogen-bond acceptors (Lipinski definition) is 8. The van der Waals surface area contributed by atoms with Crippen LogP contribution in [0.2, 0.25) is 0 Å². The molecule has 1 aromatic heterocycles. The van der Waals surface area contributed by atoms with E-state index in [-0.39, 0.29) is 37.8 Å². The Kier molecular flexibility index (Phi) is 8.02. The highest BCUT2D eigenvalue weighted by molar-refractivity contribution is 7.89. The Morgan fingerprint density at radius 3 is 2.20 bits per heavy atom. The van der Waals surface area contributed by atoms with E-state index in [0.29, 0.717) is 12.1 Å². The van der Waals surface area contributed by atoms with Gasteiger partial charge in [0.25, 0.3) is 0 Å². The number of anilines is 3. The summed E-state index contributed by atoms with van der Waals surface area (Å²) < 4.78 is 135. The number of nitrogens with zero attached hydrogens (tertiary/aromatic N) is 5. The van der Waals surface area contributed by atoms with E-state index in [4.69, 9.17) is 0 Å². The van der Waals surface area contributed by atoms with Gasteiger partial charge >= 0.3 is 18.4 Å². The summed E-state index contributed by atoms with van der Waals surface area (Å²) in [4.78, 5) is 12.5. The number of piperazine rings is 1. The SMILES string of the molecule is O=S(=O)(c1ccc(F)c(F)c1)N1CCN(c2nc(Nc3cccc(C(F)(F)F)c3)nc(OCC(F)(F)F)n2)CC1. The van der Waals surface area contributed by atoms with Crippen LogP contribution in [-0.4, -0.2) is 66.6 Å². The van der Waals surface area contributed by atoms with Gasteiger partial charge in [0.2, 0.25) is 21.9 Å². The number of alkyl halides is 6. The Morgan fingerprint density at radius 2 is 1.57 bits per heavy atom. The van der Waals surface area contributed by atoms with Crippen LogP contribution in [0.25, 0.3) is 0 Å². The average Bonchev–Trinajstić information content (AvgIpc) is 2.88. The van der Waals surface area contributed by atoms with Crippen molar-refractivity contribution in [2.24, 2.45) is 0 Å². The Balaban J connectivity index is 1.56. The molecule has 1 fully saturated rings. The third-order valence-electron chi connectivity index (χ3n) is 5.46. The molecule has 0 unspecified atom stereocenters. The van der Waals surface area contributed by atoms with Crippen molar-refractivity contribution in [3.8, 4) is 6.01 Å². The first-order valence-electron chi connectivity index (χ1n) is 11.2. The van der Waals surface area contributed by atoms with Crippen LogP contribution in [0.1, 0.15) is 5.56 Å². The summed E-state index contributed by atoms with van der Waals surface area (Å²) in [6.07, 6.45) is -9.41. The van der Waals surface area contributed by atoms with E-state index in [1.165, 1.54) is 11.0 Å². The van der Waals surface area contributed by atoms with Crippen molar-refractivity contribution in [2.75, 3.05) is 43.0 Å². The average molecular weight is 598 g/mol. The summed E-state index contributed by atoms with van der Waals surface area (Å²) in [5.74, 6) is -3.25. The zero-order chi connectivity index (χ0) is 29.3. The van der Waals surface area contributed by atoms with Gasteiger partial charge in [-0.1, -0.05) is 6.07 Å². The van der Waals surface area contributed by atoms with E-state index in [1.807, 2.05) is 0 Å². The number of benzene rings is 2. The molecule has 0 atom stereocenters. The minimum absolute atomic E-state index is 0.0887. The van der Waals surface area contributed by atoms with Gasteiger partial charge < -0.3 is 15.0 Å². The summed E-state index contributed by atoms with van der Waals surface area (Å²) in [7, 11) is -4.21. The van der Waals surface area contributed by atoms with Crippen molar-refractivity contribution < 1.29 is 48.3 Å². The van der Waals surface area contributed by atoms with Crippen LogP contribution in [-0.2, 0) is 16.2 Å². The minimum atomic E-state index is -4.75. The highest BCUT2D eigenvalue weighted by Crippen LogP contribution is 2.31. The van der Waals surface area contributed by atoms with Crippen molar-refractivity contribution in [3.05, 3.63) is 59.7 Å². The lowest BCUT2D eigenvalue weighted by molar-refractivity contribution is -0.154. The van der Waals surface area contributed by atoms with E-state index >= 15 is 0 Å². The lowest BCUT2D eigenvalue weighted by atomic mass is 10.2. The molecule has 1 aliphatic rings. The molecule has 3 aromatic rings. The number of sulfonamides is 1. The van der Waals surface area contributed by atoms with Crippen molar-refractivity contribution in [3.63, 3.8) is 0 Å². The molecule has 0 aliphatic carbocycles. The summed E-state index contributed by atoms with van der Waals surface area (Å²) in [5, 5.41) is 2.48. The molecule has 1 N–H and O–H groups in total. The highest BCUT2D eigenvalue weighted by Gasteiger charge is 2.33. The second-order valence-electron chi connectivity index (χ2n) is 8.32. The first-order valence-corrected chi connectivity index (χ1v) is 12.7. The Morgan fingerprint density at radius 1 is 0.875 bits per heavy atom. The van der Waals surface area contributed by atoms with Gasteiger partial charge in [0.05, 0.1) is 10.5 Å². The molecule has 0 saturated carbocycles. The second kappa shape index (κ2) is 11.0. The smallest absolute Gasteiger partial charge is 0.422 e. The van der Waals surface area contributed by atoms with Crippen LogP contribution in [0.4, 0.5) is 52.7 Å². The third kappa shape index (κ3) is 7.04. The topological polar surface area (TPSA) is 101 Å². The lowest BCUT2D eigenvalue weighted by Crippen LogP contribution is -2.49. The first kappa shape index (κ1) is 29.2. The largest absolute Gasteiger partial charge is 0.454 e. The molecule has 9 nitrogen and oxygen atoms in total. The van der Waals surface area contributed by atoms with Gasteiger partial charge in [-0.3, -0.25) is 0 Å². The molecular formula is C22H18F8N6O3S. The fourth-order valence-electron chi connectivity index (χ4n) is 3.57. The Bertz CT molecular complexity index is 1480. The number of hydrogen-bond donors (Lipinski definition) is 1. The molecule has 1 saturated heterocycles. The summed E-state index contributed by atoms with van der Waals surface area (Å²) in [6.45, 7) is -2.33. The van der Waals surface area contributed by atoms with E-state index < -0.39 is 63.0 Å². The van der Waals surface area contributed by atoms with Gasteiger partial charge in [-0.05, 0) is 36.4 Å². The fourth-order valence-corrected chi connectivity index (χ4v) is 5.01. The molecule has 0 radical (unpaired) electrons. The highest BCUT2D eigenvalue weighted by atomic mass is 32.2. The molecule has 0 amide bonds. The van der Waals surface area contributed by atoms with Crippen molar-refractivity contribution in [1.29, 1.82) is 0 Å². The van der Waals surface area contributed by atoms with Gasteiger partial charge in [-0.15, -0.1) is 0 Å². The molecule has 0 bridgehead atoms. The summed E-state index contributed by atoms with van der Waals surface area (Å²) >= 11 is 0. The molecule has 0 spiro atoms. The van der Waals surface area contributed by atoms with Crippen LogP contribution < -0.4 is 15.0 Å². The predicted octanol–water partition coefficient (Wildman–Crippen LogP) is 4.36. The maximum Gasteiger partial charge on any atom is 0.422 e. The van der Waals surface area contributed by atoms with Crippen molar-refractivity contribution >= 4 is 27.6 Å². The number of aromatic nitrogens is 3. The molecule has 18 heteroatoms. The molecular weight excluding hydrogens is 580 g/mol. The Labute approximate surface area is 221 Å². The zero-order valence-electron chi connectivity index (χ0n) is 20.0. The predicted molar refractivity (Wildman–Crippen MR) is 123 cm³/mol. The van der Waals surface area contributed by atoms with Crippen LogP contribution in [0.5, 0.6) is 6.01 Å². The summed E-state index contributed by atoms with van der Waals surface area (Å²) in [6, 6.07) is 5.23. The normalized spacial score (nSPS) is 15.2. The molecule has 4 rings (SSSR count). The van der Waals surface area contributed by atoms with Gasteiger partial charge in [-0.2, -0.15) is 45.6 Å². The van der Waals surface area contributed by atoms with Gasteiger partial charge in [0.1, 0.15) is 0 Å². The van der Waals surface area contributed by atoms with Gasteiger partial charge in [-0.25, -0.2) is 17.2 Å². The van der Waals surface area contributed by atoms with Gasteiger partial charge in [0, 0.05) is 31.9 Å². The molecule has 1 aliphatic heterocycles.